The molecule has 0 aromatic heterocycles. The van der Waals surface area contributed by atoms with E-state index < -0.39 is 0 Å². The molecule has 4 unspecified atom stereocenters. The fraction of sp³-hybridized carbons (Fsp3) is 0.950. The Bertz CT molecular complexity index is 438. The van der Waals surface area contributed by atoms with Crippen LogP contribution < -0.4 is 11.1 Å². The molecule has 0 aliphatic heterocycles. The highest BCUT2D eigenvalue weighted by Gasteiger charge is 2.42. The minimum atomic E-state index is 0.147. The molecule has 2 bridgehead atoms. The summed E-state index contributed by atoms with van der Waals surface area (Å²) in [6.07, 6.45) is 10.8. The normalized spacial score (nSPS) is 42.8. The van der Waals surface area contributed by atoms with E-state index in [9.17, 15) is 4.79 Å². The molecule has 3 rings (SSSR count). The third-order valence-electron chi connectivity index (χ3n) is 7.39. The fourth-order valence-corrected chi connectivity index (χ4v) is 5.76. The Balaban J connectivity index is 1.58. The van der Waals surface area contributed by atoms with Crippen LogP contribution >= 0.6 is 0 Å². The molecule has 3 saturated carbocycles. The summed E-state index contributed by atoms with van der Waals surface area (Å²) in [5.41, 5.74) is 6.52. The third kappa shape index (κ3) is 3.65. The number of hydrogen-bond donors (Lipinski definition) is 2. The van der Waals surface area contributed by atoms with Crippen molar-refractivity contribution in [2.24, 2.45) is 29.4 Å². The molecule has 1 amide bonds. The summed E-state index contributed by atoms with van der Waals surface area (Å²) in [6, 6.07) is 0.343. The van der Waals surface area contributed by atoms with E-state index in [0.717, 1.165) is 25.3 Å². The Morgan fingerprint density at radius 2 is 1.83 bits per heavy atom. The lowest BCUT2D eigenvalue weighted by molar-refractivity contribution is -0.128. The first-order valence-electron chi connectivity index (χ1n) is 10.1. The smallest absolute Gasteiger partial charge is 0.223 e. The van der Waals surface area contributed by atoms with Crippen molar-refractivity contribution < 1.29 is 4.79 Å². The van der Waals surface area contributed by atoms with Crippen LogP contribution in [0.2, 0.25) is 0 Å². The molecule has 0 aromatic carbocycles. The summed E-state index contributed by atoms with van der Waals surface area (Å²) < 4.78 is 0. The molecule has 3 aliphatic carbocycles. The molecule has 0 saturated heterocycles. The van der Waals surface area contributed by atoms with Crippen LogP contribution in [-0.2, 0) is 4.79 Å². The average Bonchev–Trinajstić information content (AvgIpc) is 2.52. The number of hydrogen-bond acceptors (Lipinski definition) is 3. The predicted octanol–water partition coefficient (Wildman–Crippen LogP) is 2.77. The Hall–Kier alpha value is -0.610. The lowest BCUT2D eigenvalue weighted by Crippen LogP contribution is -2.56. The van der Waals surface area contributed by atoms with E-state index in [1.807, 2.05) is 0 Å². The van der Waals surface area contributed by atoms with Gasteiger partial charge in [0, 0.05) is 24.0 Å². The summed E-state index contributed by atoms with van der Waals surface area (Å²) in [4.78, 5) is 15.2. The van der Waals surface area contributed by atoms with Gasteiger partial charge in [0.2, 0.25) is 5.91 Å². The van der Waals surface area contributed by atoms with Crippen LogP contribution in [0.25, 0.3) is 0 Å². The second-order valence-electron chi connectivity index (χ2n) is 9.23. The van der Waals surface area contributed by atoms with Crippen LogP contribution in [0.5, 0.6) is 0 Å². The number of nitrogens with two attached hydrogens (primary N) is 1. The van der Waals surface area contributed by atoms with E-state index in [1.165, 1.54) is 44.9 Å². The SMILES string of the molecule is CC1CCCC(CNC(=O)C2CC3CCCC(C2)C3N)(N(C)C)C1. The highest BCUT2D eigenvalue weighted by Crippen LogP contribution is 2.42. The summed E-state index contributed by atoms with van der Waals surface area (Å²) in [6.45, 7) is 3.16. The van der Waals surface area contributed by atoms with Gasteiger partial charge in [-0.05, 0) is 70.4 Å². The summed E-state index contributed by atoms with van der Waals surface area (Å²) in [5.74, 6) is 2.39. The number of nitrogens with one attached hydrogen (secondary N) is 1. The monoisotopic (exact) mass is 335 g/mol. The van der Waals surface area contributed by atoms with Crippen molar-refractivity contribution in [2.75, 3.05) is 20.6 Å². The van der Waals surface area contributed by atoms with Crippen LogP contribution in [0.4, 0.5) is 0 Å². The maximum Gasteiger partial charge on any atom is 0.223 e. The van der Waals surface area contributed by atoms with Crippen LogP contribution in [0.3, 0.4) is 0 Å². The maximum absolute atomic E-state index is 12.9. The molecule has 4 nitrogen and oxygen atoms in total. The van der Waals surface area contributed by atoms with E-state index in [2.05, 4.69) is 31.2 Å². The minimum absolute atomic E-state index is 0.147. The van der Waals surface area contributed by atoms with Gasteiger partial charge in [-0.2, -0.15) is 0 Å². The molecule has 3 aliphatic rings. The van der Waals surface area contributed by atoms with Gasteiger partial charge in [-0.15, -0.1) is 0 Å². The Labute approximate surface area is 147 Å². The van der Waals surface area contributed by atoms with Crippen molar-refractivity contribution >= 4 is 5.91 Å². The number of amides is 1. The molecule has 0 spiro atoms. The minimum Gasteiger partial charge on any atom is -0.354 e. The zero-order chi connectivity index (χ0) is 17.3. The van der Waals surface area contributed by atoms with E-state index in [0.29, 0.717) is 23.8 Å². The molecule has 0 aromatic rings. The van der Waals surface area contributed by atoms with Gasteiger partial charge in [0.1, 0.15) is 0 Å². The Morgan fingerprint density at radius 1 is 1.17 bits per heavy atom. The molecule has 3 N–H and O–H groups in total. The third-order valence-corrected chi connectivity index (χ3v) is 7.39. The van der Waals surface area contributed by atoms with Gasteiger partial charge in [-0.1, -0.05) is 26.2 Å². The summed E-state index contributed by atoms with van der Waals surface area (Å²) >= 11 is 0. The molecule has 0 radical (unpaired) electrons. The number of carbonyl (C=O) groups excluding carboxylic acids is 1. The van der Waals surface area contributed by atoms with Crippen LogP contribution in [0.15, 0.2) is 0 Å². The predicted molar refractivity (Wildman–Crippen MR) is 98.6 cm³/mol. The maximum atomic E-state index is 12.9. The van der Waals surface area contributed by atoms with Crippen molar-refractivity contribution in [3.8, 4) is 0 Å². The molecule has 0 heterocycles. The van der Waals surface area contributed by atoms with Crippen LogP contribution in [-0.4, -0.2) is 43.0 Å². The Kier molecular flexibility index (Phi) is 5.55. The topological polar surface area (TPSA) is 58.4 Å². The zero-order valence-corrected chi connectivity index (χ0v) is 15.9. The first kappa shape index (κ1) is 18.2. The Morgan fingerprint density at radius 3 is 2.42 bits per heavy atom. The van der Waals surface area contributed by atoms with Gasteiger partial charge in [0.15, 0.2) is 0 Å². The lowest BCUT2D eigenvalue weighted by atomic mass is 9.65. The van der Waals surface area contributed by atoms with Crippen LogP contribution in [0, 0.1) is 23.7 Å². The van der Waals surface area contributed by atoms with Gasteiger partial charge in [0.05, 0.1) is 0 Å². The first-order chi connectivity index (χ1) is 11.4. The molecule has 4 atom stereocenters. The molecular weight excluding hydrogens is 298 g/mol. The average molecular weight is 336 g/mol. The van der Waals surface area contributed by atoms with Crippen molar-refractivity contribution in [3.63, 3.8) is 0 Å². The van der Waals surface area contributed by atoms with Crippen LogP contribution in [0.1, 0.15) is 64.7 Å². The highest BCUT2D eigenvalue weighted by molar-refractivity contribution is 5.79. The number of nitrogens with zero attached hydrogens (tertiary/aromatic N) is 1. The van der Waals surface area contributed by atoms with E-state index in [-0.39, 0.29) is 11.5 Å². The summed E-state index contributed by atoms with van der Waals surface area (Å²) in [5, 5.41) is 3.35. The highest BCUT2D eigenvalue weighted by atomic mass is 16.1. The molecule has 138 valence electrons. The van der Waals surface area contributed by atoms with Gasteiger partial charge < -0.3 is 16.0 Å². The van der Waals surface area contributed by atoms with E-state index in [1.54, 1.807) is 0 Å². The van der Waals surface area contributed by atoms with Gasteiger partial charge in [0.25, 0.3) is 0 Å². The number of carbonyl (C=O) groups is 1. The zero-order valence-electron chi connectivity index (χ0n) is 15.9. The largest absolute Gasteiger partial charge is 0.354 e. The van der Waals surface area contributed by atoms with Gasteiger partial charge >= 0.3 is 0 Å². The van der Waals surface area contributed by atoms with Gasteiger partial charge in [-0.25, -0.2) is 0 Å². The molecule has 4 heteroatoms. The first-order valence-corrected chi connectivity index (χ1v) is 10.1. The van der Waals surface area contributed by atoms with E-state index in [4.69, 9.17) is 5.73 Å². The lowest BCUT2D eigenvalue weighted by Gasteiger charge is -2.46. The summed E-state index contributed by atoms with van der Waals surface area (Å²) in [7, 11) is 4.35. The second kappa shape index (κ2) is 7.33. The van der Waals surface area contributed by atoms with E-state index >= 15 is 0 Å². The number of fused-ring (bicyclic) bond motifs is 2. The van der Waals surface area contributed by atoms with Crippen molar-refractivity contribution in [2.45, 2.75) is 76.3 Å². The van der Waals surface area contributed by atoms with Gasteiger partial charge in [-0.3, -0.25) is 4.79 Å². The van der Waals surface area contributed by atoms with Crippen molar-refractivity contribution in [3.05, 3.63) is 0 Å². The van der Waals surface area contributed by atoms with Crippen molar-refractivity contribution in [1.29, 1.82) is 0 Å². The molecular formula is C20H37N3O. The standard InChI is InChI=1S/C20H37N3O/c1-14-6-5-9-20(12-14,23(2)3)13-22-19(24)17-10-15-7-4-8-16(11-17)18(15)21/h14-18H,4-13,21H2,1-3H3,(H,22,24). The fourth-order valence-electron chi connectivity index (χ4n) is 5.76. The van der Waals surface area contributed by atoms with Crippen molar-refractivity contribution in [1.82, 2.24) is 10.2 Å². The molecule has 3 fully saturated rings. The quantitative estimate of drug-likeness (QED) is 0.830. The number of likely N-dealkylation sites (N-methyl/N-ethyl adjacent to an activating group) is 1. The molecule has 24 heavy (non-hydrogen) atoms. The number of rotatable bonds is 4. The second-order valence-corrected chi connectivity index (χ2v) is 9.23.